The van der Waals surface area contributed by atoms with Crippen molar-refractivity contribution < 1.29 is 0 Å². The molecule has 3 aromatic heterocycles. The first kappa shape index (κ1) is 13.1. The first-order chi connectivity index (χ1) is 10.3. The van der Waals surface area contributed by atoms with Crippen LogP contribution in [0.25, 0.3) is 11.9 Å². The van der Waals surface area contributed by atoms with Crippen molar-refractivity contribution in [2.75, 3.05) is 5.43 Å². The molecular weight excluding hydrogens is 272 g/mol. The van der Waals surface area contributed by atoms with Crippen molar-refractivity contribution in [3.8, 4) is 11.9 Å². The quantitative estimate of drug-likeness (QED) is 0.491. The first-order valence-corrected chi connectivity index (χ1v) is 6.42. The van der Waals surface area contributed by atoms with E-state index < -0.39 is 0 Å². The number of nitrogens with one attached hydrogen (secondary N) is 1. The van der Waals surface area contributed by atoms with Gasteiger partial charge in [0.1, 0.15) is 18.5 Å². The number of anilines is 1. The van der Waals surface area contributed by atoms with Crippen molar-refractivity contribution in [1.82, 2.24) is 39.3 Å². The third kappa shape index (κ3) is 2.56. The summed E-state index contributed by atoms with van der Waals surface area (Å²) in [6, 6.07) is 0. The number of hydrogen-bond donors (Lipinski definition) is 2. The van der Waals surface area contributed by atoms with Crippen molar-refractivity contribution in [2.24, 2.45) is 5.84 Å². The molecule has 10 heteroatoms. The van der Waals surface area contributed by atoms with Gasteiger partial charge in [-0.3, -0.25) is 9.99 Å². The van der Waals surface area contributed by atoms with E-state index in [-0.39, 0.29) is 5.95 Å². The molecule has 0 saturated heterocycles. The van der Waals surface area contributed by atoms with E-state index in [0.717, 1.165) is 18.7 Å². The lowest BCUT2D eigenvalue weighted by Crippen LogP contribution is -2.17. The number of nitrogens with zero attached hydrogens (tertiary/aromatic N) is 8. The third-order valence-corrected chi connectivity index (χ3v) is 2.77. The van der Waals surface area contributed by atoms with E-state index in [2.05, 4.69) is 42.4 Å². The summed E-state index contributed by atoms with van der Waals surface area (Å²) < 4.78 is 3.23. The Morgan fingerprint density at radius 1 is 1.24 bits per heavy atom. The van der Waals surface area contributed by atoms with E-state index in [9.17, 15) is 0 Å². The second-order valence-corrected chi connectivity index (χ2v) is 4.21. The fourth-order valence-electron chi connectivity index (χ4n) is 1.87. The van der Waals surface area contributed by atoms with Crippen LogP contribution in [-0.4, -0.2) is 39.3 Å². The zero-order valence-electron chi connectivity index (χ0n) is 11.4. The second kappa shape index (κ2) is 5.63. The Balaban J connectivity index is 2.09. The molecule has 108 valence electrons. The van der Waals surface area contributed by atoms with Gasteiger partial charge in [-0.25, -0.2) is 15.8 Å². The highest BCUT2D eigenvalue weighted by Crippen LogP contribution is 2.11. The standard InChI is InChI=1S/C11H14N10/c1-2-3-8-14-4-5-20(8)10-16-9(19-12)17-11(18-10)21-7-13-6-15-21/h4-7H,2-3,12H2,1H3,(H,16,17,18,19). The van der Waals surface area contributed by atoms with Crippen LogP contribution in [0.5, 0.6) is 0 Å². The van der Waals surface area contributed by atoms with Crippen molar-refractivity contribution >= 4 is 5.95 Å². The van der Waals surface area contributed by atoms with Gasteiger partial charge in [-0.1, -0.05) is 6.92 Å². The van der Waals surface area contributed by atoms with E-state index in [4.69, 9.17) is 5.84 Å². The van der Waals surface area contributed by atoms with Crippen LogP contribution in [0.3, 0.4) is 0 Å². The Bertz CT molecular complexity index is 716. The highest BCUT2D eigenvalue weighted by atomic mass is 15.4. The van der Waals surface area contributed by atoms with Crippen LogP contribution in [-0.2, 0) is 6.42 Å². The van der Waals surface area contributed by atoms with Crippen molar-refractivity contribution in [3.63, 3.8) is 0 Å². The average Bonchev–Trinajstić information content (AvgIpc) is 3.18. The molecule has 21 heavy (non-hydrogen) atoms. The van der Waals surface area contributed by atoms with Crippen LogP contribution in [0, 0.1) is 0 Å². The molecule has 0 aliphatic rings. The normalized spacial score (nSPS) is 10.8. The Morgan fingerprint density at radius 2 is 2.10 bits per heavy atom. The van der Waals surface area contributed by atoms with Gasteiger partial charge >= 0.3 is 0 Å². The molecule has 0 radical (unpaired) electrons. The molecular formula is C11H14N10. The molecule has 0 amide bonds. The molecule has 0 saturated carbocycles. The largest absolute Gasteiger partial charge is 0.292 e. The Kier molecular flexibility index (Phi) is 3.51. The summed E-state index contributed by atoms with van der Waals surface area (Å²) in [6.45, 7) is 2.08. The first-order valence-electron chi connectivity index (χ1n) is 6.42. The highest BCUT2D eigenvalue weighted by Gasteiger charge is 2.12. The van der Waals surface area contributed by atoms with E-state index >= 15 is 0 Å². The minimum absolute atomic E-state index is 0.238. The maximum Gasteiger partial charge on any atom is 0.258 e. The van der Waals surface area contributed by atoms with Gasteiger partial charge in [-0.2, -0.15) is 24.7 Å². The van der Waals surface area contributed by atoms with E-state index in [1.807, 2.05) is 0 Å². The fraction of sp³-hybridized carbons (Fsp3) is 0.273. The molecule has 0 atom stereocenters. The van der Waals surface area contributed by atoms with Crippen LogP contribution in [0.4, 0.5) is 5.95 Å². The monoisotopic (exact) mass is 286 g/mol. The predicted octanol–water partition coefficient (Wildman–Crippen LogP) is -0.124. The Morgan fingerprint density at radius 3 is 2.81 bits per heavy atom. The van der Waals surface area contributed by atoms with Crippen molar-refractivity contribution in [2.45, 2.75) is 19.8 Å². The maximum atomic E-state index is 5.42. The van der Waals surface area contributed by atoms with E-state index in [0.29, 0.717) is 11.9 Å². The lowest BCUT2D eigenvalue weighted by atomic mass is 10.3. The molecule has 3 N–H and O–H groups in total. The molecule has 0 aliphatic heterocycles. The minimum atomic E-state index is 0.238. The van der Waals surface area contributed by atoms with Gasteiger partial charge < -0.3 is 0 Å². The zero-order valence-corrected chi connectivity index (χ0v) is 11.4. The van der Waals surface area contributed by atoms with E-state index in [1.54, 1.807) is 17.0 Å². The van der Waals surface area contributed by atoms with Crippen LogP contribution in [0.15, 0.2) is 25.0 Å². The molecule has 0 bridgehead atoms. The number of imidazole rings is 1. The molecule has 3 rings (SSSR count). The van der Waals surface area contributed by atoms with Gasteiger partial charge in [0.05, 0.1) is 0 Å². The topological polar surface area (TPSA) is 125 Å². The SMILES string of the molecule is CCCc1nccn1-c1nc(NN)nc(-n2cncn2)n1. The summed E-state index contributed by atoms with van der Waals surface area (Å²) in [6.07, 6.45) is 8.20. The zero-order chi connectivity index (χ0) is 14.7. The predicted molar refractivity (Wildman–Crippen MR) is 73.7 cm³/mol. The third-order valence-electron chi connectivity index (χ3n) is 2.77. The van der Waals surface area contributed by atoms with Gasteiger partial charge in [-0.15, -0.1) is 0 Å². The molecule has 0 aliphatic carbocycles. The summed E-state index contributed by atoms with van der Waals surface area (Å²) >= 11 is 0. The van der Waals surface area contributed by atoms with Gasteiger partial charge in [0.2, 0.25) is 11.9 Å². The molecule has 3 heterocycles. The van der Waals surface area contributed by atoms with E-state index in [1.165, 1.54) is 17.3 Å². The summed E-state index contributed by atoms with van der Waals surface area (Å²) in [5, 5.41) is 4.00. The lowest BCUT2D eigenvalue weighted by molar-refractivity contribution is 0.745. The molecule has 0 unspecified atom stereocenters. The molecule has 0 aromatic carbocycles. The smallest absolute Gasteiger partial charge is 0.258 e. The number of aryl methyl sites for hydroxylation is 1. The van der Waals surface area contributed by atoms with Gasteiger partial charge in [-0.05, 0) is 6.42 Å². The summed E-state index contributed by atoms with van der Waals surface area (Å²) in [5.41, 5.74) is 2.43. The summed E-state index contributed by atoms with van der Waals surface area (Å²) in [5.74, 6) is 7.27. The van der Waals surface area contributed by atoms with Gasteiger partial charge in [0, 0.05) is 18.8 Å². The minimum Gasteiger partial charge on any atom is -0.292 e. The summed E-state index contributed by atoms with van der Waals surface area (Å²) in [7, 11) is 0. The van der Waals surface area contributed by atoms with Gasteiger partial charge in [0.15, 0.2) is 0 Å². The lowest BCUT2D eigenvalue weighted by Gasteiger charge is -2.08. The molecule has 0 fully saturated rings. The maximum absolute atomic E-state index is 5.42. The molecule has 10 nitrogen and oxygen atoms in total. The van der Waals surface area contributed by atoms with Crippen LogP contribution in [0.2, 0.25) is 0 Å². The van der Waals surface area contributed by atoms with Crippen molar-refractivity contribution in [1.29, 1.82) is 0 Å². The van der Waals surface area contributed by atoms with Crippen molar-refractivity contribution in [3.05, 3.63) is 30.9 Å². The van der Waals surface area contributed by atoms with Crippen LogP contribution < -0.4 is 11.3 Å². The summed E-state index contributed by atoms with van der Waals surface area (Å²) in [4.78, 5) is 21.0. The molecule has 0 spiro atoms. The number of nitrogens with two attached hydrogens (primary N) is 1. The Hall–Kier alpha value is -2.88. The number of aromatic nitrogens is 8. The van der Waals surface area contributed by atoms with Gasteiger partial charge in [0.25, 0.3) is 5.95 Å². The number of rotatable bonds is 5. The number of nitrogen functional groups attached to an aromatic ring is 1. The number of hydrazine groups is 1. The van der Waals surface area contributed by atoms with Crippen LogP contribution >= 0.6 is 0 Å². The Labute approximate surface area is 120 Å². The molecule has 3 aromatic rings. The highest BCUT2D eigenvalue weighted by molar-refractivity contribution is 5.32. The average molecular weight is 286 g/mol. The fourth-order valence-corrected chi connectivity index (χ4v) is 1.87. The van der Waals surface area contributed by atoms with Crippen LogP contribution in [0.1, 0.15) is 19.2 Å². The second-order valence-electron chi connectivity index (χ2n) is 4.21. The number of hydrogen-bond acceptors (Lipinski definition) is 8.